The van der Waals surface area contributed by atoms with Crippen LogP contribution in [0.2, 0.25) is 0 Å². The summed E-state index contributed by atoms with van der Waals surface area (Å²) >= 11 is 0. The molecule has 2 aromatic carbocycles. The molecule has 5 atom stereocenters. The number of carbonyl (C=O) groups is 2. The summed E-state index contributed by atoms with van der Waals surface area (Å²) in [6, 6.07) is 14.5. The molecule has 4 aliphatic rings. The van der Waals surface area contributed by atoms with Crippen molar-refractivity contribution in [1.29, 1.82) is 0 Å². The van der Waals surface area contributed by atoms with Crippen molar-refractivity contribution >= 4 is 18.0 Å². The van der Waals surface area contributed by atoms with Gasteiger partial charge in [-0.25, -0.2) is 0 Å². The standard InChI is InChI=1S/C38H44N2O6/c1-24(2)22-40(34(42)13-10-27-15-19-44-23-27)30-12-11-29-31-20-28-32(45-25(3)41)21-33(43-4)36-35(28)38(29,37(30)46-36)16-18-39(31)17-14-26-8-6-5-7-9-26/h5-10,13,15,19,21,23-24,29-31,37H,11-12,14,16-18,20,22H2,1-4H3/t29-,30-,31+,37+,38-/m0/s1. The van der Waals surface area contributed by atoms with E-state index in [4.69, 9.17) is 18.6 Å². The van der Waals surface area contributed by atoms with E-state index in [-0.39, 0.29) is 41.4 Å². The molecule has 1 saturated carbocycles. The van der Waals surface area contributed by atoms with Gasteiger partial charge in [0.25, 0.3) is 0 Å². The molecule has 1 aromatic heterocycles. The summed E-state index contributed by atoms with van der Waals surface area (Å²) in [4.78, 5) is 31.1. The van der Waals surface area contributed by atoms with Crippen LogP contribution in [-0.4, -0.2) is 66.6 Å². The fraction of sp³-hybridized carbons (Fsp3) is 0.474. The van der Waals surface area contributed by atoms with Gasteiger partial charge >= 0.3 is 5.97 Å². The van der Waals surface area contributed by atoms with Gasteiger partial charge in [-0.3, -0.25) is 14.5 Å². The summed E-state index contributed by atoms with van der Waals surface area (Å²) in [5.74, 6) is 2.18. The lowest BCUT2D eigenvalue weighted by Crippen LogP contribution is -2.69. The molecular formula is C38H44N2O6. The summed E-state index contributed by atoms with van der Waals surface area (Å²) in [6.45, 7) is 8.30. The number of esters is 1. The van der Waals surface area contributed by atoms with Crippen molar-refractivity contribution in [2.24, 2.45) is 11.8 Å². The van der Waals surface area contributed by atoms with Crippen LogP contribution in [0.25, 0.3) is 6.08 Å². The number of piperidine rings is 1. The molecular weight excluding hydrogens is 580 g/mol. The van der Waals surface area contributed by atoms with Crippen molar-refractivity contribution < 1.29 is 28.2 Å². The van der Waals surface area contributed by atoms with Crippen LogP contribution < -0.4 is 14.2 Å². The number of methoxy groups -OCH3 is 1. The van der Waals surface area contributed by atoms with Crippen LogP contribution >= 0.6 is 0 Å². The Labute approximate surface area is 271 Å². The topological polar surface area (TPSA) is 81.5 Å². The number of furan rings is 1. The minimum atomic E-state index is -0.348. The Hall–Kier alpha value is -4.04. The zero-order valence-corrected chi connectivity index (χ0v) is 27.2. The highest BCUT2D eigenvalue weighted by Crippen LogP contribution is 2.65. The Bertz CT molecular complexity index is 1620. The van der Waals surface area contributed by atoms with Gasteiger partial charge in [-0.05, 0) is 68.2 Å². The van der Waals surface area contributed by atoms with Crippen LogP contribution in [0.15, 0.2) is 65.5 Å². The molecule has 1 saturated heterocycles. The van der Waals surface area contributed by atoms with Gasteiger partial charge in [-0.2, -0.15) is 0 Å². The van der Waals surface area contributed by atoms with Gasteiger partial charge in [-0.1, -0.05) is 44.2 Å². The first kappa shape index (κ1) is 30.6. The number of ether oxygens (including phenoxy) is 3. The van der Waals surface area contributed by atoms with E-state index in [1.165, 1.54) is 12.5 Å². The minimum absolute atomic E-state index is 0.0187. The fourth-order valence-corrected chi connectivity index (χ4v) is 8.96. The molecule has 8 nitrogen and oxygen atoms in total. The molecule has 8 heteroatoms. The number of benzene rings is 2. The molecule has 2 fully saturated rings. The Kier molecular flexibility index (Phi) is 8.17. The lowest BCUT2D eigenvalue weighted by molar-refractivity contribution is -0.138. The summed E-state index contributed by atoms with van der Waals surface area (Å²) < 4.78 is 24.1. The van der Waals surface area contributed by atoms with Crippen molar-refractivity contribution in [3.63, 3.8) is 0 Å². The molecule has 242 valence electrons. The van der Waals surface area contributed by atoms with Crippen molar-refractivity contribution in [1.82, 2.24) is 9.80 Å². The van der Waals surface area contributed by atoms with E-state index in [0.29, 0.717) is 24.0 Å². The third-order valence-electron chi connectivity index (χ3n) is 10.7. The van der Waals surface area contributed by atoms with Crippen LogP contribution in [0, 0.1) is 11.8 Å². The number of carbonyl (C=O) groups excluding carboxylic acids is 2. The lowest BCUT2D eigenvalue weighted by atomic mass is 9.50. The average molecular weight is 625 g/mol. The minimum Gasteiger partial charge on any atom is -0.493 e. The molecule has 3 aromatic rings. The largest absolute Gasteiger partial charge is 0.493 e. The van der Waals surface area contributed by atoms with Gasteiger partial charge in [-0.15, -0.1) is 0 Å². The van der Waals surface area contributed by atoms with Crippen LogP contribution in [0.3, 0.4) is 0 Å². The maximum absolute atomic E-state index is 14.0. The smallest absolute Gasteiger partial charge is 0.308 e. The highest BCUT2D eigenvalue weighted by molar-refractivity contribution is 5.92. The molecule has 1 amide bonds. The first-order chi connectivity index (χ1) is 22.3. The molecule has 1 spiro atoms. The zero-order valence-electron chi connectivity index (χ0n) is 27.2. The number of amides is 1. The van der Waals surface area contributed by atoms with Crippen LogP contribution in [0.4, 0.5) is 0 Å². The molecule has 46 heavy (non-hydrogen) atoms. The molecule has 7 rings (SSSR count). The SMILES string of the molecule is COc1cc(OC(C)=O)c2c3c1O[C@@H]1[C@@H](N(CC(C)C)C(=O)C=Cc4ccoc4)CC[C@H]4[C@@H](C2)N(CCc2ccccc2)CC[C@]314. The number of nitrogens with zero attached hydrogens (tertiary/aromatic N) is 2. The maximum atomic E-state index is 14.0. The molecule has 2 aliphatic heterocycles. The quantitative estimate of drug-likeness (QED) is 0.154. The first-order valence-corrected chi connectivity index (χ1v) is 16.7. The highest BCUT2D eigenvalue weighted by Gasteiger charge is 2.67. The van der Waals surface area contributed by atoms with E-state index >= 15 is 0 Å². The molecule has 2 aliphatic carbocycles. The monoisotopic (exact) mass is 624 g/mol. The number of rotatable bonds is 10. The van der Waals surface area contributed by atoms with Crippen molar-refractivity contribution in [2.45, 2.75) is 76.5 Å². The molecule has 0 unspecified atom stereocenters. The number of hydrogen-bond donors (Lipinski definition) is 0. The van der Waals surface area contributed by atoms with Crippen molar-refractivity contribution in [3.8, 4) is 17.2 Å². The second-order valence-electron chi connectivity index (χ2n) is 13.8. The highest BCUT2D eigenvalue weighted by atomic mass is 16.5. The van der Waals surface area contributed by atoms with Gasteiger partial charge in [0.2, 0.25) is 5.91 Å². The van der Waals surface area contributed by atoms with E-state index < -0.39 is 0 Å². The van der Waals surface area contributed by atoms with Gasteiger partial charge in [0, 0.05) is 60.3 Å². The number of hydrogen-bond acceptors (Lipinski definition) is 7. The summed E-state index contributed by atoms with van der Waals surface area (Å²) in [7, 11) is 1.64. The predicted octanol–water partition coefficient (Wildman–Crippen LogP) is 6.06. The van der Waals surface area contributed by atoms with Crippen molar-refractivity contribution in [3.05, 3.63) is 83.3 Å². The Morgan fingerprint density at radius 1 is 1.15 bits per heavy atom. The van der Waals surface area contributed by atoms with Gasteiger partial charge in [0.05, 0.1) is 25.7 Å². The van der Waals surface area contributed by atoms with Crippen LogP contribution in [-0.2, 0) is 27.8 Å². The van der Waals surface area contributed by atoms with Crippen molar-refractivity contribution in [2.75, 3.05) is 26.7 Å². The lowest BCUT2D eigenvalue weighted by Gasteiger charge is -2.60. The van der Waals surface area contributed by atoms with Crippen LogP contribution in [0.5, 0.6) is 17.2 Å². The number of likely N-dealkylation sites (tertiary alicyclic amines) is 1. The van der Waals surface area contributed by atoms with Gasteiger partial charge in [0.15, 0.2) is 11.5 Å². The van der Waals surface area contributed by atoms with Gasteiger partial charge < -0.3 is 23.5 Å². The average Bonchev–Trinajstić information content (AvgIpc) is 3.69. The first-order valence-electron chi connectivity index (χ1n) is 16.7. The molecule has 2 bridgehead atoms. The molecule has 3 heterocycles. The second kappa shape index (κ2) is 12.3. The Morgan fingerprint density at radius 3 is 2.70 bits per heavy atom. The fourth-order valence-electron chi connectivity index (χ4n) is 8.96. The normalized spacial score (nSPS) is 26.1. The Morgan fingerprint density at radius 2 is 1.98 bits per heavy atom. The molecule has 0 N–H and O–H groups in total. The van der Waals surface area contributed by atoms with E-state index in [2.05, 4.69) is 49.1 Å². The summed E-state index contributed by atoms with van der Waals surface area (Å²) in [5.41, 5.74) is 4.08. The third-order valence-corrected chi connectivity index (χ3v) is 10.7. The molecule has 0 radical (unpaired) electrons. The van der Waals surface area contributed by atoms with Gasteiger partial charge in [0.1, 0.15) is 11.9 Å². The van der Waals surface area contributed by atoms with E-state index in [1.807, 2.05) is 23.1 Å². The van der Waals surface area contributed by atoms with E-state index in [9.17, 15) is 9.59 Å². The van der Waals surface area contributed by atoms with E-state index in [1.54, 1.807) is 25.7 Å². The summed E-state index contributed by atoms with van der Waals surface area (Å²) in [5, 5.41) is 0. The Balaban J connectivity index is 1.30. The zero-order chi connectivity index (χ0) is 32.0. The third kappa shape index (κ3) is 5.20. The summed E-state index contributed by atoms with van der Waals surface area (Å²) in [6.07, 6.45) is 11.0. The second-order valence-corrected chi connectivity index (χ2v) is 13.8. The predicted molar refractivity (Wildman–Crippen MR) is 175 cm³/mol. The van der Waals surface area contributed by atoms with Crippen LogP contribution in [0.1, 0.15) is 62.3 Å². The maximum Gasteiger partial charge on any atom is 0.308 e. The van der Waals surface area contributed by atoms with E-state index in [0.717, 1.165) is 67.6 Å².